The summed E-state index contributed by atoms with van der Waals surface area (Å²) < 4.78 is 11.1. The quantitative estimate of drug-likeness (QED) is 0.816. The Hall–Kier alpha value is -2.76. The second-order valence-corrected chi connectivity index (χ2v) is 6.94. The van der Waals surface area contributed by atoms with Crippen LogP contribution < -0.4 is 20.1 Å². The topological polar surface area (TPSA) is 72.5 Å². The van der Waals surface area contributed by atoms with E-state index in [-0.39, 0.29) is 18.2 Å². The number of carbonyl (C=O) groups is 1. The van der Waals surface area contributed by atoms with Crippen molar-refractivity contribution in [3.63, 3.8) is 0 Å². The van der Waals surface area contributed by atoms with Gasteiger partial charge >= 0.3 is 6.03 Å². The minimum absolute atomic E-state index is 0.129. The molecule has 0 radical (unpaired) electrons. The average molecular weight is 369 g/mol. The summed E-state index contributed by atoms with van der Waals surface area (Å²) in [4.78, 5) is 16.4. The third-order valence-corrected chi connectivity index (χ3v) is 4.79. The third-order valence-electron chi connectivity index (χ3n) is 4.79. The zero-order chi connectivity index (χ0) is 19.1. The maximum atomic E-state index is 12.1. The lowest BCUT2D eigenvalue weighted by molar-refractivity contribution is 0.135. The van der Waals surface area contributed by atoms with Crippen molar-refractivity contribution >= 4 is 6.03 Å². The molecular weight excluding hydrogens is 342 g/mol. The van der Waals surface area contributed by atoms with Gasteiger partial charge in [-0.15, -0.1) is 0 Å². The minimum Gasteiger partial charge on any atom is -0.497 e. The molecule has 2 amide bonds. The van der Waals surface area contributed by atoms with E-state index in [1.807, 2.05) is 49.5 Å². The van der Waals surface area contributed by atoms with Gasteiger partial charge in [0.05, 0.1) is 7.11 Å². The molecule has 3 rings (SSSR count). The van der Waals surface area contributed by atoms with Crippen molar-refractivity contribution in [2.45, 2.75) is 51.3 Å². The van der Waals surface area contributed by atoms with Gasteiger partial charge in [-0.05, 0) is 55.9 Å². The first-order chi connectivity index (χ1) is 13.1. The highest BCUT2D eigenvalue weighted by molar-refractivity contribution is 5.74. The van der Waals surface area contributed by atoms with E-state index in [0.717, 1.165) is 42.6 Å². The number of hydrogen-bond acceptors (Lipinski definition) is 4. The number of hydrogen-bond donors (Lipinski definition) is 2. The van der Waals surface area contributed by atoms with Crippen molar-refractivity contribution in [1.29, 1.82) is 0 Å². The van der Waals surface area contributed by atoms with Crippen molar-refractivity contribution in [3.05, 3.63) is 53.7 Å². The number of carbonyl (C=O) groups excluding carboxylic acids is 1. The fourth-order valence-electron chi connectivity index (χ4n) is 3.18. The fourth-order valence-corrected chi connectivity index (χ4v) is 3.18. The van der Waals surface area contributed by atoms with Crippen LogP contribution in [0.25, 0.3) is 0 Å². The van der Waals surface area contributed by atoms with Crippen LogP contribution >= 0.6 is 0 Å². The molecule has 1 saturated carbocycles. The van der Waals surface area contributed by atoms with Gasteiger partial charge in [-0.1, -0.05) is 18.2 Å². The van der Waals surface area contributed by atoms with Gasteiger partial charge in [0.2, 0.25) is 5.88 Å². The summed E-state index contributed by atoms with van der Waals surface area (Å²) in [7, 11) is 1.64. The van der Waals surface area contributed by atoms with Crippen molar-refractivity contribution in [3.8, 4) is 11.6 Å². The second kappa shape index (κ2) is 9.26. The van der Waals surface area contributed by atoms with Gasteiger partial charge in [0, 0.05) is 24.8 Å². The Bertz CT molecular complexity index is 723. The molecule has 1 aromatic heterocycles. The van der Waals surface area contributed by atoms with Gasteiger partial charge in [0.25, 0.3) is 0 Å². The highest BCUT2D eigenvalue weighted by atomic mass is 16.5. The van der Waals surface area contributed by atoms with Gasteiger partial charge in [-0.3, -0.25) is 0 Å². The molecule has 0 aliphatic heterocycles. The lowest BCUT2D eigenvalue weighted by Crippen LogP contribution is -2.44. The Morgan fingerprint density at radius 3 is 2.48 bits per heavy atom. The van der Waals surface area contributed by atoms with Gasteiger partial charge < -0.3 is 20.1 Å². The molecule has 1 fully saturated rings. The Morgan fingerprint density at radius 1 is 1.11 bits per heavy atom. The van der Waals surface area contributed by atoms with Crippen LogP contribution in [0, 0.1) is 6.92 Å². The van der Waals surface area contributed by atoms with E-state index in [1.54, 1.807) is 7.11 Å². The Balaban J connectivity index is 1.36. The molecule has 1 aliphatic carbocycles. The SMILES string of the molecule is COc1ccc(CNC(=O)NC2CCC(Oc3ccc(C)cn3)CC2)cc1. The smallest absolute Gasteiger partial charge is 0.315 e. The van der Waals surface area contributed by atoms with Crippen LogP contribution in [-0.4, -0.2) is 30.3 Å². The summed E-state index contributed by atoms with van der Waals surface area (Å²) in [6.45, 7) is 2.50. The summed E-state index contributed by atoms with van der Waals surface area (Å²) in [5.41, 5.74) is 2.16. The molecule has 0 atom stereocenters. The number of aryl methyl sites for hydroxylation is 1. The highest BCUT2D eigenvalue weighted by Gasteiger charge is 2.23. The molecule has 0 unspecified atom stereocenters. The number of benzene rings is 1. The molecule has 0 bridgehead atoms. The van der Waals surface area contributed by atoms with E-state index in [1.165, 1.54) is 0 Å². The van der Waals surface area contributed by atoms with Crippen LogP contribution in [-0.2, 0) is 6.54 Å². The monoisotopic (exact) mass is 369 g/mol. The Morgan fingerprint density at radius 2 is 1.85 bits per heavy atom. The average Bonchev–Trinajstić information content (AvgIpc) is 2.70. The standard InChI is InChI=1S/C21H27N3O3/c1-15-3-12-20(22-13-15)27-19-10-6-17(7-11-19)24-21(25)23-14-16-4-8-18(26-2)9-5-16/h3-5,8-9,12-13,17,19H,6-7,10-11,14H2,1-2H3,(H2,23,24,25). The zero-order valence-corrected chi connectivity index (χ0v) is 15.9. The molecule has 0 saturated heterocycles. The molecule has 144 valence electrons. The number of ether oxygens (including phenoxy) is 2. The Kier molecular flexibility index (Phi) is 6.52. The first-order valence-corrected chi connectivity index (χ1v) is 9.39. The van der Waals surface area contributed by atoms with Crippen LogP contribution in [0.2, 0.25) is 0 Å². The lowest BCUT2D eigenvalue weighted by atomic mass is 9.93. The van der Waals surface area contributed by atoms with Crippen LogP contribution in [0.3, 0.4) is 0 Å². The van der Waals surface area contributed by atoms with E-state index in [9.17, 15) is 4.79 Å². The molecule has 1 aliphatic rings. The molecule has 2 aromatic rings. The maximum absolute atomic E-state index is 12.1. The summed E-state index contributed by atoms with van der Waals surface area (Å²) in [5.74, 6) is 1.48. The molecule has 1 aromatic carbocycles. The van der Waals surface area contributed by atoms with Crippen molar-refractivity contribution in [1.82, 2.24) is 15.6 Å². The van der Waals surface area contributed by atoms with Gasteiger partial charge in [-0.2, -0.15) is 0 Å². The van der Waals surface area contributed by atoms with E-state index >= 15 is 0 Å². The molecule has 27 heavy (non-hydrogen) atoms. The van der Waals surface area contributed by atoms with Gasteiger partial charge in [0.15, 0.2) is 0 Å². The summed E-state index contributed by atoms with van der Waals surface area (Å²) in [6, 6.07) is 11.6. The maximum Gasteiger partial charge on any atom is 0.315 e. The second-order valence-electron chi connectivity index (χ2n) is 6.94. The molecule has 6 nitrogen and oxygen atoms in total. The van der Waals surface area contributed by atoms with Crippen molar-refractivity contribution < 1.29 is 14.3 Å². The van der Waals surface area contributed by atoms with Crippen LogP contribution in [0.15, 0.2) is 42.6 Å². The van der Waals surface area contributed by atoms with Crippen molar-refractivity contribution in [2.24, 2.45) is 0 Å². The first kappa shape index (κ1) is 19.0. The van der Waals surface area contributed by atoms with Crippen LogP contribution in [0.1, 0.15) is 36.8 Å². The molecule has 1 heterocycles. The number of rotatable bonds is 6. The van der Waals surface area contributed by atoms with E-state index < -0.39 is 0 Å². The number of methoxy groups -OCH3 is 1. The van der Waals surface area contributed by atoms with Crippen LogP contribution in [0.4, 0.5) is 4.79 Å². The number of aromatic nitrogens is 1. The number of amides is 2. The molecule has 2 N–H and O–H groups in total. The van der Waals surface area contributed by atoms with Crippen LogP contribution in [0.5, 0.6) is 11.6 Å². The molecule has 6 heteroatoms. The lowest BCUT2D eigenvalue weighted by Gasteiger charge is -2.29. The van der Waals surface area contributed by atoms with Gasteiger partial charge in [-0.25, -0.2) is 9.78 Å². The molecule has 0 spiro atoms. The third kappa shape index (κ3) is 5.88. The van der Waals surface area contributed by atoms with Crippen molar-refractivity contribution in [2.75, 3.05) is 7.11 Å². The summed E-state index contributed by atoms with van der Waals surface area (Å²) >= 11 is 0. The van der Waals surface area contributed by atoms with E-state index in [0.29, 0.717) is 12.4 Å². The predicted octanol–water partition coefficient (Wildman–Crippen LogP) is 3.59. The number of nitrogens with zero attached hydrogens (tertiary/aromatic N) is 1. The number of pyridine rings is 1. The van der Waals surface area contributed by atoms with E-state index in [2.05, 4.69) is 15.6 Å². The summed E-state index contributed by atoms with van der Waals surface area (Å²) in [5, 5.41) is 5.97. The Labute approximate surface area is 160 Å². The molecular formula is C21H27N3O3. The fraction of sp³-hybridized carbons (Fsp3) is 0.429. The van der Waals surface area contributed by atoms with E-state index in [4.69, 9.17) is 9.47 Å². The number of urea groups is 1. The largest absolute Gasteiger partial charge is 0.497 e. The zero-order valence-electron chi connectivity index (χ0n) is 15.9. The normalized spacial score (nSPS) is 19.2. The number of nitrogens with one attached hydrogen (secondary N) is 2. The predicted molar refractivity (Wildman–Crippen MR) is 104 cm³/mol. The summed E-state index contributed by atoms with van der Waals surface area (Å²) in [6.07, 6.45) is 5.63. The highest BCUT2D eigenvalue weighted by Crippen LogP contribution is 2.23. The first-order valence-electron chi connectivity index (χ1n) is 9.39. The minimum atomic E-state index is -0.129. The van der Waals surface area contributed by atoms with Gasteiger partial charge in [0.1, 0.15) is 11.9 Å².